The van der Waals surface area contributed by atoms with Crippen LogP contribution in [0.3, 0.4) is 0 Å². The molecule has 1 heterocycles. The molecule has 2 aromatic carbocycles. The number of carbonyl (C=O) groups excluding carboxylic acids is 1. The van der Waals surface area contributed by atoms with Crippen LogP contribution in [0.15, 0.2) is 42.5 Å². The van der Waals surface area contributed by atoms with Gasteiger partial charge in [0.05, 0.1) is 0 Å². The molecule has 0 radical (unpaired) electrons. The third-order valence-corrected chi connectivity index (χ3v) is 5.70. The number of fused-ring (bicyclic) bond motifs is 3. The van der Waals surface area contributed by atoms with Crippen LogP contribution >= 0.6 is 0 Å². The van der Waals surface area contributed by atoms with Gasteiger partial charge in [0.25, 0.3) is 5.91 Å². The molecule has 1 amide bonds. The minimum Gasteiger partial charge on any atom is -0.335 e. The topological polar surface area (TPSA) is 20.3 Å². The van der Waals surface area contributed by atoms with Crippen molar-refractivity contribution in [1.82, 2.24) is 4.90 Å². The lowest BCUT2D eigenvalue weighted by molar-refractivity contribution is 0.0710. The van der Waals surface area contributed by atoms with Crippen molar-refractivity contribution < 1.29 is 4.79 Å². The van der Waals surface area contributed by atoms with E-state index in [1.54, 1.807) is 0 Å². The van der Waals surface area contributed by atoms with Gasteiger partial charge in [0.15, 0.2) is 0 Å². The number of hydrogen-bond donors (Lipinski definition) is 0. The third kappa shape index (κ3) is 2.45. The monoisotopic (exact) mass is 307 g/mol. The zero-order chi connectivity index (χ0) is 16.2. The van der Waals surface area contributed by atoms with Gasteiger partial charge in [0.2, 0.25) is 0 Å². The summed E-state index contributed by atoms with van der Waals surface area (Å²) in [4.78, 5) is 15.4. The summed E-state index contributed by atoms with van der Waals surface area (Å²) in [5.74, 6) is 0.216. The summed E-state index contributed by atoms with van der Waals surface area (Å²) in [5.41, 5.74) is 1.48. The van der Waals surface area contributed by atoms with E-state index in [2.05, 4.69) is 43.9 Å². The van der Waals surface area contributed by atoms with E-state index in [1.165, 1.54) is 6.42 Å². The highest BCUT2D eigenvalue weighted by atomic mass is 16.2. The summed E-state index contributed by atoms with van der Waals surface area (Å²) < 4.78 is 0. The Kier molecular flexibility index (Phi) is 3.10. The normalized spacial score (nSPS) is 29.0. The lowest BCUT2D eigenvalue weighted by Crippen LogP contribution is -2.37. The van der Waals surface area contributed by atoms with Crippen molar-refractivity contribution in [2.75, 3.05) is 6.54 Å². The van der Waals surface area contributed by atoms with E-state index in [0.717, 1.165) is 35.7 Å². The van der Waals surface area contributed by atoms with Gasteiger partial charge in [-0.15, -0.1) is 0 Å². The molecule has 1 aliphatic carbocycles. The van der Waals surface area contributed by atoms with E-state index in [-0.39, 0.29) is 11.3 Å². The number of rotatable bonds is 1. The molecular formula is C21H25NO. The molecule has 4 rings (SSSR count). The van der Waals surface area contributed by atoms with E-state index >= 15 is 0 Å². The van der Waals surface area contributed by atoms with Crippen molar-refractivity contribution in [3.05, 3.63) is 48.0 Å². The second-order valence-corrected chi connectivity index (χ2v) is 8.67. The second-order valence-electron chi connectivity index (χ2n) is 8.67. The summed E-state index contributed by atoms with van der Waals surface area (Å²) in [5, 5.41) is 2.22. The Hall–Kier alpha value is -1.83. The minimum atomic E-state index is 0.216. The minimum absolute atomic E-state index is 0.216. The zero-order valence-corrected chi connectivity index (χ0v) is 14.3. The predicted octanol–water partition coefficient (Wildman–Crippen LogP) is 4.88. The van der Waals surface area contributed by atoms with Crippen molar-refractivity contribution in [3.8, 4) is 0 Å². The molecule has 23 heavy (non-hydrogen) atoms. The molecule has 2 bridgehead atoms. The molecule has 2 heteroatoms. The number of hydrogen-bond acceptors (Lipinski definition) is 1. The second kappa shape index (κ2) is 4.83. The molecule has 0 spiro atoms. The van der Waals surface area contributed by atoms with Gasteiger partial charge in [-0.2, -0.15) is 0 Å². The van der Waals surface area contributed by atoms with Crippen molar-refractivity contribution >= 4 is 16.7 Å². The Morgan fingerprint density at radius 2 is 1.78 bits per heavy atom. The van der Waals surface area contributed by atoms with Gasteiger partial charge in [-0.3, -0.25) is 4.79 Å². The highest BCUT2D eigenvalue weighted by molar-refractivity contribution is 6.07. The highest BCUT2D eigenvalue weighted by Gasteiger charge is 2.51. The average Bonchev–Trinajstić information content (AvgIpc) is 2.75. The van der Waals surface area contributed by atoms with Crippen molar-refractivity contribution in [3.63, 3.8) is 0 Å². The highest BCUT2D eigenvalue weighted by Crippen LogP contribution is 2.52. The van der Waals surface area contributed by atoms with Crippen LogP contribution in [0.2, 0.25) is 0 Å². The first-order valence-corrected chi connectivity index (χ1v) is 8.66. The van der Waals surface area contributed by atoms with Crippen LogP contribution in [0, 0.1) is 10.8 Å². The number of carbonyl (C=O) groups is 1. The Morgan fingerprint density at radius 3 is 2.61 bits per heavy atom. The molecular weight excluding hydrogens is 282 g/mol. The van der Waals surface area contributed by atoms with Gasteiger partial charge in [-0.25, -0.2) is 0 Å². The number of amides is 1. The van der Waals surface area contributed by atoms with E-state index in [0.29, 0.717) is 11.5 Å². The maximum Gasteiger partial charge on any atom is 0.254 e. The third-order valence-electron chi connectivity index (χ3n) is 5.70. The predicted molar refractivity (Wildman–Crippen MR) is 94.5 cm³/mol. The Labute approximate surface area is 138 Å². The summed E-state index contributed by atoms with van der Waals surface area (Å²) in [6.45, 7) is 7.97. The molecule has 1 saturated carbocycles. The molecule has 1 aliphatic heterocycles. The molecule has 0 N–H and O–H groups in total. The number of nitrogens with zero attached hydrogens (tertiary/aromatic N) is 1. The fourth-order valence-electron chi connectivity index (χ4n) is 5.26. The summed E-state index contributed by atoms with van der Waals surface area (Å²) >= 11 is 0. The maximum absolute atomic E-state index is 13.3. The Morgan fingerprint density at radius 1 is 1.04 bits per heavy atom. The SMILES string of the molecule is CC1(C)C[C@H]2C[C@@](C)(CN2C(=O)c2cccc3ccccc23)C1. The van der Waals surface area contributed by atoms with Crippen molar-refractivity contribution in [2.45, 2.75) is 46.1 Å². The zero-order valence-electron chi connectivity index (χ0n) is 14.3. The molecule has 2 nitrogen and oxygen atoms in total. The molecule has 0 aromatic heterocycles. The quantitative estimate of drug-likeness (QED) is 0.735. The largest absolute Gasteiger partial charge is 0.335 e. The fourth-order valence-corrected chi connectivity index (χ4v) is 5.26. The first-order chi connectivity index (χ1) is 10.9. The van der Waals surface area contributed by atoms with Crippen LogP contribution < -0.4 is 0 Å². The van der Waals surface area contributed by atoms with Gasteiger partial charge in [0, 0.05) is 18.2 Å². The van der Waals surface area contributed by atoms with Gasteiger partial charge < -0.3 is 4.90 Å². The summed E-state index contributed by atoms with van der Waals surface area (Å²) in [6, 6.07) is 14.7. The average molecular weight is 307 g/mol. The standard InChI is InChI=1S/C21H25NO/c1-20(2)11-16-12-21(3,13-20)14-22(16)19(23)18-10-6-8-15-7-4-5-9-17(15)18/h4-10,16H,11-14H2,1-3H3/t16-,21+/m0/s1. The lowest BCUT2D eigenvalue weighted by atomic mass is 9.65. The maximum atomic E-state index is 13.3. The lowest BCUT2D eigenvalue weighted by Gasteiger charge is -2.39. The molecule has 1 saturated heterocycles. The van der Waals surface area contributed by atoms with Gasteiger partial charge >= 0.3 is 0 Å². The molecule has 120 valence electrons. The smallest absolute Gasteiger partial charge is 0.254 e. The first-order valence-electron chi connectivity index (χ1n) is 8.66. The van der Waals surface area contributed by atoms with E-state index in [9.17, 15) is 4.79 Å². The van der Waals surface area contributed by atoms with Crippen LogP contribution in [-0.4, -0.2) is 23.4 Å². The van der Waals surface area contributed by atoms with Gasteiger partial charge in [-0.05, 0) is 46.9 Å². The van der Waals surface area contributed by atoms with Gasteiger partial charge in [0.1, 0.15) is 0 Å². The van der Waals surface area contributed by atoms with E-state index in [1.807, 2.05) is 24.3 Å². The van der Waals surface area contributed by atoms with Crippen LogP contribution in [0.4, 0.5) is 0 Å². The van der Waals surface area contributed by atoms with Crippen LogP contribution in [0.25, 0.3) is 10.8 Å². The molecule has 2 fully saturated rings. The van der Waals surface area contributed by atoms with Crippen LogP contribution in [0.5, 0.6) is 0 Å². The summed E-state index contributed by atoms with van der Waals surface area (Å²) in [7, 11) is 0. The number of benzene rings is 2. The van der Waals surface area contributed by atoms with Crippen molar-refractivity contribution in [1.29, 1.82) is 0 Å². The van der Waals surface area contributed by atoms with Crippen LogP contribution in [-0.2, 0) is 0 Å². The van der Waals surface area contributed by atoms with E-state index in [4.69, 9.17) is 0 Å². The molecule has 2 aromatic rings. The fraction of sp³-hybridized carbons (Fsp3) is 0.476. The van der Waals surface area contributed by atoms with E-state index < -0.39 is 0 Å². The molecule has 2 atom stereocenters. The number of likely N-dealkylation sites (tertiary alicyclic amines) is 1. The van der Waals surface area contributed by atoms with Gasteiger partial charge in [-0.1, -0.05) is 57.2 Å². The summed E-state index contributed by atoms with van der Waals surface area (Å²) in [6.07, 6.45) is 3.50. The van der Waals surface area contributed by atoms with Crippen LogP contribution in [0.1, 0.15) is 50.4 Å². The Balaban J connectivity index is 1.72. The molecule has 0 unspecified atom stereocenters. The van der Waals surface area contributed by atoms with Crippen molar-refractivity contribution in [2.24, 2.45) is 10.8 Å². The first kappa shape index (κ1) is 14.7. The molecule has 2 aliphatic rings. The Bertz CT molecular complexity index is 773.